The van der Waals surface area contributed by atoms with E-state index in [2.05, 4.69) is 10.4 Å². The molecule has 4 rings (SSSR count). The molecule has 0 radical (unpaired) electrons. The van der Waals surface area contributed by atoms with Crippen LogP contribution < -0.4 is 10.1 Å². The number of carbonyl (C=O) groups is 3. The van der Waals surface area contributed by atoms with E-state index >= 15 is 0 Å². The zero-order chi connectivity index (χ0) is 25.0. The van der Waals surface area contributed by atoms with Gasteiger partial charge in [-0.3, -0.25) is 14.3 Å². The number of benzene rings is 1. The summed E-state index contributed by atoms with van der Waals surface area (Å²) in [5.74, 6) is -0.509. The number of amides is 2. The van der Waals surface area contributed by atoms with Crippen LogP contribution in [-0.2, 0) is 22.6 Å². The Kier molecular flexibility index (Phi) is 7.42. The summed E-state index contributed by atoms with van der Waals surface area (Å²) >= 11 is 0. The Morgan fingerprint density at radius 1 is 1.14 bits per heavy atom. The van der Waals surface area contributed by atoms with Crippen molar-refractivity contribution in [3.05, 3.63) is 47.3 Å². The van der Waals surface area contributed by atoms with Gasteiger partial charge in [0, 0.05) is 17.7 Å². The van der Waals surface area contributed by atoms with Crippen LogP contribution in [0.15, 0.2) is 30.3 Å². The Morgan fingerprint density at radius 3 is 2.60 bits per heavy atom. The van der Waals surface area contributed by atoms with E-state index in [1.54, 1.807) is 18.7 Å². The van der Waals surface area contributed by atoms with Crippen molar-refractivity contribution in [2.45, 2.75) is 77.5 Å². The molecule has 9 heteroatoms. The SMILES string of the molecule is CCOC(=O)c1cc2n(n1)C[C@@](C)(C(=O)NC1CCCCC1)N(Cc1ccccc1OCC)C2=O. The molecule has 1 aromatic carbocycles. The van der Waals surface area contributed by atoms with E-state index < -0.39 is 11.5 Å². The minimum absolute atomic E-state index is 0.0572. The largest absolute Gasteiger partial charge is 0.494 e. The molecule has 2 amide bonds. The molecular weight excluding hydrogens is 448 g/mol. The highest BCUT2D eigenvalue weighted by Crippen LogP contribution is 2.32. The maximum Gasteiger partial charge on any atom is 0.358 e. The van der Waals surface area contributed by atoms with Gasteiger partial charge in [-0.1, -0.05) is 37.5 Å². The lowest BCUT2D eigenvalue weighted by Crippen LogP contribution is -2.64. The van der Waals surface area contributed by atoms with Gasteiger partial charge in [0.1, 0.15) is 17.0 Å². The van der Waals surface area contributed by atoms with Crippen molar-refractivity contribution >= 4 is 17.8 Å². The van der Waals surface area contributed by atoms with E-state index in [9.17, 15) is 14.4 Å². The van der Waals surface area contributed by atoms with Gasteiger partial charge in [0.25, 0.3) is 5.91 Å². The Bertz CT molecular complexity index is 1090. The van der Waals surface area contributed by atoms with Crippen molar-refractivity contribution < 1.29 is 23.9 Å². The fraction of sp³-hybridized carbons (Fsp3) is 0.538. The number of rotatable bonds is 8. The number of esters is 1. The van der Waals surface area contributed by atoms with Crippen LogP contribution in [0, 0.1) is 0 Å². The second-order valence-corrected chi connectivity index (χ2v) is 9.31. The van der Waals surface area contributed by atoms with Gasteiger partial charge in [-0.25, -0.2) is 4.79 Å². The van der Waals surface area contributed by atoms with Crippen LogP contribution in [0.25, 0.3) is 0 Å². The standard InChI is InChI=1S/C26H34N4O5/c1-4-34-22-14-10-9-11-18(22)16-29-23(31)21-15-20(24(32)35-5-2)28-30(21)17-26(29,3)25(33)27-19-12-7-6-8-13-19/h9-11,14-15,19H,4-8,12-13,16-17H2,1-3H3,(H,27,33)/t26-/m0/s1. The molecule has 1 aliphatic heterocycles. The summed E-state index contributed by atoms with van der Waals surface area (Å²) in [7, 11) is 0. The van der Waals surface area contributed by atoms with Crippen LogP contribution in [0.2, 0.25) is 0 Å². The predicted octanol–water partition coefficient (Wildman–Crippen LogP) is 3.32. The van der Waals surface area contributed by atoms with Crippen LogP contribution in [0.5, 0.6) is 5.75 Å². The average Bonchev–Trinajstić information content (AvgIpc) is 3.28. The average molecular weight is 483 g/mol. The zero-order valence-electron chi connectivity index (χ0n) is 20.7. The van der Waals surface area contributed by atoms with Crippen LogP contribution in [0.3, 0.4) is 0 Å². The highest BCUT2D eigenvalue weighted by molar-refractivity contribution is 6.01. The minimum atomic E-state index is -1.21. The van der Waals surface area contributed by atoms with Gasteiger partial charge in [-0.2, -0.15) is 5.10 Å². The fourth-order valence-electron chi connectivity index (χ4n) is 4.88. The van der Waals surface area contributed by atoms with E-state index in [1.165, 1.54) is 17.2 Å². The molecule has 2 heterocycles. The molecule has 2 aliphatic rings. The second-order valence-electron chi connectivity index (χ2n) is 9.31. The van der Waals surface area contributed by atoms with E-state index in [-0.39, 0.29) is 48.9 Å². The van der Waals surface area contributed by atoms with Crippen LogP contribution in [0.4, 0.5) is 0 Å². The first kappa shape index (κ1) is 24.8. The van der Waals surface area contributed by atoms with Gasteiger partial charge in [0.05, 0.1) is 26.3 Å². The molecular formula is C26H34N4O5. The number of aromatic nitrogens is 2. The van der Waals surface area contributed by atoms with Gasteiger partial charge < -0.3 is 19.7 Å². The predicted molar refractivity (Wildman–Crippen MR) is 129 cm³/mol. The Morgan fingerprint density at radius 2 is 1.89 bits per heavy atom. The normalized spacial score (nSPS) is 20.3. The maximum absolute atomic E-state index is 13.8. The first-order valence-corrected chi connectivity index (χ1v) is 12.5. The lowest BCUT2D eigenvalue weighted by atomic mass is 9.91. The highest BCUT2D eigenvalue weighted by Gasteiger charge is 2.49. The fourth-order valence-corrected chi connectivity index (χ4v) is 4.88. The molecule has 1 saturated carbocycles. The number of carbonyl (C=O) groups excluding carboxylic acids is 3. The number of nitrogens with one attached hydrogen (secondary N) is 1. The molecule has 0 bridgehead atoms. The zero-order valence-corrected chi connectivity index (χ0v) is 20.7. The first-order valence-electron chi connectivity index (χ1n) is 12.5. The smallest absolute Gasteiger partial charge is 0.358 e. The monoisotopic (exact) mass is 482 g/mol. The molecule has 1 N–H and O–H groups in total. The van der Waals surface area contributed by atoms with Crippen molar-refractivity contribution in [1.29, 1.82) is 0 Å². The summed E-state index contributed by atoms with van der Waals surface area (Å²) in [5, 5.41) is 7.51. The van der Waals surface area contributed by atoms with E-state index in [0.717, 1.165) is 31.2 Å². The van der Waals surface area contributed by atoms with E-state index in [0.29, 0.717) is 12.4 Å². The molecule has 2 aromatic rings. The van der Waals surface area contributed by atoms with Gasteiger partial charge >= 0.3 is 5.97 Å². The van der Waals surface area contributed by atoms with Gasteiger partial charge in [-0.05, 0) is 39.7 Å². The number of nitrogens with zero attached hydrogens (tertiary/aromatic N) is 3. The third-order valence-electron chi connectivity index (χ3n) is 6.81. The van der Waals surface area contributed by atoms with Crippen LogP contribution in [0.1, 0.15) is 79.4 Å². The lowest BCUT2D eigenvalue weighted by Gasteiger charge is -2.44. The number of ether oxygens (including phenoxy) is 2. The van der Waals surface area contributed by atoms with Crippen LogP contribution >= 0.6 is 0 Å². The summed E-state index contributed by atoms with van der Waals surface area (Å²) in [4.78, 5) is 41.4. The molecule has 0 unspecified atom stereocenters. The number of hydrogen-bond acceptors (Lipinski definition) is 6. The van der Waals surface area contributed by atoms with Crippen molar-refractivity contribution in [1.82, 2.24) is 20.0 Å². The third kappa shape index (κ3) is 5.04. The summed E-state index contributed by atoms with van der Waals surface area (Å²) in [6, 6.07) is 9.05. The minimum Gasteiger partial charge on any atom is -0.494 e. The van der Waals surface area contributed by atoms with Gasteiger partial charge in [0.15, 0.2) is 5.69 Å². The number of fused-ring (bicyclic) bond motifs is 1. The molecule has 0 spiro atoms. The summed E-state index contributed by atoms with van der Waals surface area (Å²) < 4.78 is 12.3. The molecule has 1 aliphatic carbocycles. The molecule has 0 saturated heterocycles. The summed E-state index contributed by atoms with van der Waals surface area (Å²) in [6.07, 6.45) is 5.21. The first-order chi connectivity index (χ1) is 16.9. The Labute approximate surface area is 205 Å². The maximum atomic E-state index is 13.8. The Hall–Kier alpha value is -3.36. The Balaban J connectivity index is 1.70. The molecule has 1 aromatic heterocycles. The quantitative estimate of drug-likeness (QED) is 0.579. The third-order valence-corrected chi connectivity index (χ3v) is 6.81. The summed E-state index contributed by atoms with van der Waals surface area (Å²) in [5.41, 5.74) is -0.0941. The lowest BCUT2D eigenvalue weighted by molar-refractivity contribution is -0.134. The molecule has 1 fully saturated rings. The van der Waals surface area contributed by atoms with E-state index in [4.69, 9.17) is 9.47 Å². The molecule has 1 atom stereocenters. The second kappa shape index (κ2) is 10.5. The van der Waals surface area contributed by atoms with Gasteiger partial charge in [0.2, 0.25) is 5.91 Å². The number of para-hydroxylation sites is 1. The highest BCUT2D eigenvalue weighted by atomic mass is 16.5. The van der Waals surface area contributed by atoms with Crippen molar-refractivity contribution in [3.63, 3.8) is 0 Å². The van der Waals surface area contributed by atoms with Crippen molar-refractivity contribution in [2.75, 3.05) is 13.2 Å². The van der Waals surface area contributed by atoms with Gasteiger partial charge in [-0.15, -0.1) is 0 Å². The topological polar surface area (TPSA) is 103 Å². The molecule has 9 nitrogen and oxygen atoms in total. The number of hydrogen-bond donors (Lipinski definition) is 1. The van der Waals surface area contributed by atoms with Crippen LogP contribution in [-0.4, -0.2) is 57.3 Å². The van der Waals surface area contributed by atoms with Crippen molar-refractivity contribution in [2.24, 2.45) is 0 Å². The molecule has 35 heavy (non-hydrogen) atoms. The van der Waals surface area contributed by atoms with Crippen molar-refractivity contribution in [3.8, 4) is 5.75 Å². The molecule has 188 valence electrons. The summed E-state index contributed by atoms with van der Waals surface area (Å²) in [6.45, 7) is 6.38. The van der Waals surface area contributed by atoms with E-state index in [1.807, 2.05) is 31.2 Å².